The Morgan fingerprint density at radius 1 is 0.868 bits per heavy atom. The van der Waals surface area contributed by atoms with Gasteiger partial charge in [-0.1, -0.05) is 54.1 Å². The van der Waals surface area contributed by atoms with E-state index in [-0.39, 0.29) is 5.91 Å². The molecule has 6 rings (SSSR count). The molecule has 0 saturated carbocycles. The molecule has 1 aliphatic rings. The highest BCUT2D eigenvalue weighted by Crippen LogP contribution is 2.37. The van der Waals surface area contributed by atoms with E-state index >= 15 is 0 Å². The molecule has 3 aromatic carbocycles. The number of hydrogen-bond acceptors (Lipinski definition) is 5. The summed E-state index contributed by atoms with van der Waals surface area (Å²) in [6, 6.07) is 26.1. The van der Waals surface area contributed by atoms with Crippen LogP contribution in [0.5, 0.6) is 5.75 Å². The highest BCUT2D eigenvalue weighted by atomic mass is 16.5. The van der Waals surface area contributed by atoms with Crippen molar-refractivity contribution in [3.05, 3.63) is 103 Å². The minimum atomic E-state index is 0.0790. The van der Waals surface area contributed by atoms with Gasteiger partial charge in [0, 0.05) is 49.6 Å². The Hall–Kier alpha value is -4.65. The zero-order valence-electron chi connectivity index (χ0n) is 21.5. The minimum Gasteiger partial charge on any atom is -0.497 e. The highest BCUT2D eigenvalue weighted by Gasteiger charge is 2.26. The van der Waals surface area contributed by atoms with E-state index in [1.165, 1.54) is 0 Å². The van der Waals surface area contributed by atoms with E-state index in [9.17, 15) is 4.79 Å². The molecule has 7 nitrogen and oxygen atoms in total. The number of carbonyl (C=O) groups is 1. The summed E-state index contributed by atoms with van der Waals surface area (Å²) in [4.78, 5) is 26.8. The van der Waals surface area contributed by atoms with E-state index in [1.54, 1.807) is 13.4 Å². The van der Waals surface area contributed by atoms with Crippen molar-refractivity contribution < 1.29 is 9.53 Å². The molecule has 1 fully saturated rings. The molecule has 2 aromatic heterocycles. The van der Waals surface area contributed by atoms with Gasteiger partial charge in [-0.25, -0.2) is 9.97 Å². The number of rotatable bonds is 5. The van der Waals surface area contributed by atoms with Gasteiger partial charge in [-0.05, 0) is 36.8 Å². The number of amides is 1. The van der Waals surface area contributed by atoms with Crippen molar-refractivity contribution in [3.8, 4) is 22.6 Å². The minimum absolute atomic E-state index is 0.0790. The maximum atomic E-state index is 13.1. The van der Waals surface area contributed by atoms with Crippen molar-refractivity contribution in [2.45, 2.75) is 6.92 Å². The lowest BCUT2D eigenvalue weighted by Crippen LogP contribution is -2.49. The monoisotopic (exact) mass is 503 g/mol. The first kappa shape index (κ1) is 23.7. The lowest BCUT2D eigenvalue weighted by atomic mass is 10.1. The molecule has 0 aliphatic carbocycles. The predicted molar refractivity (Wildman–Crippen MR) is 150 cm³/mol. The number of fused-ring (bicyclic) bond motifs is 1. The molecule has 0 spiro atoms. The van der Waals surface area contributed by atoms with Gasteiger partial charge in [0.05, 0.1) is 18.2 Å². The van der Waals surface area contributed by atoms with Crippen LogP contribution in [0.25, 0.3) is 27.8 Å². The highest BCUT2D eigenvalue weighted by molar-refractivity contribution is 6.02. The summed E-state index contributed by atoms with van der Waals surface area (Å²) < 4.78 is 7.58. The lowest BCUT2D eigenvalue weighted by Gasteiger charge is -2.35. The molecule has 0 atom stereocenters. The molecular weight excluding hydrogens is 474 g/mol. The predicted octanol–water partition coefficient (Wildman–Crippen LogP) is 5.37. The van der Waals surface area contributed by atoms with E-state index in [1.807, 2.05) is 78.6 Å². The number of aryl methyl sites for hydroxylation is 1. The second-order valence-corrected chi connectivity index (χ2v) is 9.52. The number of ether oxygens (including phenoxy) is 1. The average molecular weight is 504 g/mol. The van der Waals surface area contributed by atoms with Crippen LogP contribution in [0.15, 0.2) is 91.4 Å². The van der Waals surface area contributed by atoms with E-state index in [4.69, 9.17) is 14.7 Å². The molecule has 0 N–H and O–H groups in total. The van der Waals surface area contributed by atoms with E-state index in [2.05, 4.69) is 27.8 Å². The van der Waals surface area contributed by atoms with Gasteiger partial charge in [-0.2, -0.15) is 0 Å². The third-order valence-electron chi connectivity index (χ3n) is 7.11. The van der Waals surface area contributed by atoms with Gasteiger partial charge in [-0.3, -0.25) is 4.79 Å². The molecule has 3 heterocycles. The van der Waals surface area contributed by atoms with Gasteiger partial charge in [0.15, 0.2) is 5.65 Å². The van der Waals surface area contributed by atoms with Gasteiger partial charge in [0.2, 0.25) is 0 Å². The number of hydrogen-bond donors (Lipinski definition) is 0. The molecule has 38 heavy (non-hydrogen) atoms. The van der Waals surface area contributed by atoms with Crippen LogP contribution < -0.4 is 9.64 Å². The van der Waals surface area contributed by atoms with Crippen LogP contribution in [0.1, 0.15) is 15.9 Å². The van der Waals surface area contributed by atoms with E-state index in [0.717, 1.165) is 50.5 Å². The van der Waals surface area contributed by atoms with Crippen LogP contribution in [-0.2, 0) is 0 Å². The summed E-state index contributed by atoms with van der Waals surface area (Å²) in [5.74, 6) is 1.75. The number of aromatic nitrogens is 3. The summed E-state index contributed by atoms with van der Waals surface area (Å²) in [5, 5.41) is 1.000. The molecule has 5 aromatic rings. The zero-order valence-corrected chi connectivity index (χ0v) is 21.5. The van der Waals surface area contributed by atoms with Gasteiger partial charge in [0.1, 0.15) is 17.9 Å². The topological polar surface area (TPSA) is 63.5 Å². The maximum Gasteiger partial charge on any atom is 0.253 e. The molecule has 1 amide bonds. The third kappa shape index (κ3) is 4.36. The Labute approximate surface area is 221 Å². The molecule has 0 bridgehead atoms. The molecule has 7 heteroatoms. The van der Waals surface area contributed by atoms with Gasteiger partial charge in [0.25, 0.3) is 5.91 Å². The van der Waals surface area contributed by atoms with Gasteiger partial charge < -0.3 is 19.1 Å². The fourth-order valence-electron chi connectivity index (χ4n) is 5.16. The maximum absolute atomic E-state index is 13.1. The number of piperazine rings is 1. The Bertz CT molecular complexity index is 1600. The smallest absolute Gasteiger partial charge is 0.253 e. The quantitative estimate of drug-likeness (QED) is 0.323. The Morgan fingerprint density at radius 2 is 1.66 bits per heavy atom. The number of methoxy groups -OCH3 is 1. The molecule has 1 aliphatic heterocycles. The number of benzene rings is 3. The summed E-state index contributed by atoms with van der Waals surface area (Å²) in [6.07, 6.45) is 3.76. The lowest BCUT2D eigenvalue weighted by molar-refractivity contribution is 0.0746. The molecule has 0 unspecified atom stereocenters. The van der Waals surface area contributed by atoms with Crippen molar-refractivity contribution >= 4 is 22.8 Å². The van der Waals surface area contributed by atoms with Crippen LogP contribution in [0.2, 0.25) is 0 Å². The SMILES string of the molecule is COc1cccc(-n2cc(-c3ccccc3)c3c(N4CCN(C(=O)c5cccc(C)c5)CC4)ncnc32)c1. The molecule has 190 valence electrons. The first-order valence-electron chi connectivity index (χ1n) is 12.8. The first-order chi connectivity index (χ1) is 18.6. The summed E-state index contributed by atoms with van der Waals surface area (Å²) in [6.45, 7) is 4.67. The molecule has 1 saturated heterocycles. The average Bonchev–Trinajstić information content (AvgIpc) is 3.37. The Kier molecular flexibility index (Phi) is 6.25. The van der Waals surface area contributed by atoms with Crippen LogP contribution in [0.4, 0.5) is 5.82 Å². The summed E-state index contributed by atoms with van der Waals surface area (Å²) in [7, 11) is 1.67. The van der Waals surface area contributed by atoms with Gasteiger partial charge >= 0.3 is 0 Å². The number of carbonyl (C=O) groups excluding carboxylic acids is 1. The zero-order chi connectivity index (χ0) is 26.1. The fourth-order valence-corrected chi connectivity index (χ4v) is 5.16. The standard InChI is InChI=1S/C31H29N5O2/c1-22-8-6-11-24(18-22)31(37)35-16-14-34(15-17-35)29-28-27(23-9-4-3-5-10-23)20-36(30(28)33-21-32-29)25-12-7-13-26(19-25)38-2/h3-13,18-21H,14-17H2,1-2H3. The molecular formula is C31H29N5O2. The van der Waals surface area contributed by atoms with Crippen molar-refractivity contribution in [2.75, 3.05) is 38.2 Å². The third-order valence-corrected chi connectivity index (χ3v) is 7.11. The second-order valence-electron chi connectivity index (χ2n) is 9.52. The summed E-state index contributed by atoms with van der Waals surface area (Å²) >= 11 is 0. The van der Waals surface area contributed by atoms with Crippen molar-refractivity contribution in [2.24, 2.45) is 0 Å². The van der Waals surface area contributed by atoms with Crippen LogP contribution in [0, 0.1) is 6.92 Å². The Morgan fingerprint density at radius 3 is 2.42 bits per heavy atom. The Balaban J connectivity index is 1.38. The van der Waals surface area contributed by atoms with Crippen LogP contribution in [-0.4, -0.2) is 58.6 Å². The molecule has 0 radical (unpaired) electrons. The number of anilines is 1. The van der Waals surface area contributed by atoms with E-state index in [0.29, 0.717) is 26.2 Å². The number of nitrogens with zero attached hydrogens (tertiary/aromatic N) is 5. The fraction of sp³-hybridized carbons (Fsp3) is 0.194. The second kappa shape index (κ2) is 10.0. The summed E-state index contributed by atoms with van der Waals surface area (Å²) in [5.41, 5.74) is 5.80. The van der Waals surface area contributed by atoms with E-state index < -0.39 is 0 Å². The van der Waals surface area contributed by atoms with Crippen LogP contribution in [0.3, 0.4) is 0 Å². The van der Waals surface area contributed by atoms with Gasteiger partial charge in [-0.15, -0.1) is 0 Å². The van der Waals surface area contributed by atoms with Crippen molar-refractivity contribution in [1.29, 1.82) is 0 Å². The van der Waals surface area contributed by atoms with Crippen LogP contribution >= 0.6 is 0 Å². The largest absolute Gasteiger partial charge is 0.497 e. The van der Waals surface area contributed by atoms with Crippen molar-refractivity contribution in [1.82, 2.24) is 19.4 Å². The first-order valence-corrected chi connectivity index (χ1v) is 12.8. The van der Waals surface area contributed by atoms with Crippen molar-refractivity contribution in [3.63, 3.8) is 0 Å². The normalized spacial score (nSPS) is 13.6.